The molecular formula is C22H44O2. The molecule has 0 fully saturated rings. The average Bonchev–Trinajstić information content (AvgIpc) is 2.56. The standard InChI is InChI=1S/C22H44O2/c1-4-6-8-10-11-12-13-14-15-16-18-20-22(23)24-21(3)19-17-9-7-5-2/h21H,4-20H2,1-3H3/t21-/m1/s1. The first kappa shape index (κ1) is 23.5. The third kappa shape index (κ3) is 17.8. The van der Waals surface area contributed by atoms with Gasteiger partial charge in [0.05, 0.1) is 6.10 Å². The summed E-state index contributed by atoms with van der Waals surface area (Å²) in [5, 5.41) is 0. The second-order valence-electron chi connectivity index (χ2n) is 7.44. The molecule has 2 nitrogen and oxygen atoms in total. The Morgan fingerprint density at radius 1 is 0.667 bits per heavy atom. The van der Waals surface area contributed by atoms with E-state index in [1.807, 2.05) is 6.92 Å². The lowest BCUT2D eigenvalue weighted by Crippen LogP contribution is -2.14. The van der Waals surface area contributed by atoms with Crippen LogP contribution < -0.4 is 0 Å². The van der Waals surface area contributed by atoms with Gasteiger partial charge in [-0.05, 0) is 26.2 Å². The number of esters is 1. The van der Waals surface area contributed by atoms with Crippen LogP contribution in [0.15, 0.2) is 0 Å². The van der Waals surface area contributed by atoms with E-state index in [0.717, 1.165) is 12.8 Å². The molecule has 0 spiro atoms. The number of carbonyl (C=O) groups is 1. The van der Waals surface area contributed by atoms with E-state index in [1.54, 1.807) is 0 Å². The molecule has 0 N–H and O–H groups in total. The second-order valence-corrected chi connectivity index (χ2v) is 7.44. The maximum atomic E-state index is 11.8. The quantitative estimate of drug-likeness (QED) is 0.190. The Morgan fingerprint density at radius 3 is 1.58 bits per heavy atom. The molecule has 24 heavy (non-hydrogen) atoms. The molecule has 0 rings (SSSR count). The Balaban J connectivity index is 3.28. The predicted molar refractivity (Wildman–Crippen MR) is 105 cm³/mol. The van der Waals surface area contributed by atoms with Gasteiger partial charge in [0.1, 0.15) is 0 Å². The highest BCUT2D eigenvalue weighted by Crippen LogP contribution is 2.13. The van der Waals surface area contributed by atoms with Crippen LogP contribution in [0.2, 0.25) is 0 Å². The monoisotopic (exact) mass is 340 g/mol. The molecular weight excluding hydrogens is 296 g/mol. The van der Waals surface area contributed by atoms with E-state index in [9.17, 15) is 4.79 Å². The van der Waals surface area contributed by atoms with E-state index in [1.165, 1.54) is 89.9 Å². The molecule has 0 unspecified atom stereocenters. The van der Waals surface area contributed by atoms with Gasteiger partial charge in [-0.3, -0.25) is 4.79 Å². The largest absolute Gasteiger partial charge is 0.463 e. The zero-order valence-corrected chi connectivity index (χ0v) is 16.9. The first-order valence-corrected chi connectivity index (χ1v) is 10.9. The molecule has 0 aliphatic heterocycles. The summed E-state index contributed by atoms with van der Waals surface area (Å²) < 4.78 is 5.48. The van der Waals surface area contributed by atoms with Crippen molar-refractivity contribution in [1.82, 2.24) is 0 Å². The third-order valence-electron chi connectivity index (χ3n) is 4.78. The van der Waals surface area contributed by atoms with E-state index in [4.69, 9.17) is 4.74 Å². The molecule has 2 heteroatoms. The Hall–Kier alpha value is -0.530. The summed E-state index contributed by atoms with van der Waals surface area (Å²) in [6.45, 7) is 6.52. The average molecular weight is 341 g/mol. The number of carbonyl (C=O) groups excluding carboxylic acids is 1. The van der Waals surface area contributed by atoms with Gasteiger partial charge in [0.25, 0.3) is 0 Å². The molecule has 0 aromatic rings. The minimum absolute atomic E-state index is 0.00826. The van der Waals surface area contributed by atoms with Crippen LogP contribution in [0.5, 0.6) is 0 Å². The van der Waals surface area contributed by atoms with Crippen molar-refractivity contribution in [1.29, 1.82) is 0 Å². The van der Waals surface area contributed by atoms with Crippen LogP contribution in [-0.2, 0) is 9.53 Å². The molecule has 0 bridgehead atoms. The zero-order chi connectivity index (χ0) is 17.9. The van der Waals surface area contributed by atoms with Gasteiger partial charge in [-0.1, -0.05) is 97.3 Å². The fourth-order valence-corrected chi connectivity index (χ4v) is 3.13. The van der Waals surface area contributed by atoms with E-state index in [2.05, 4.69) is 13.8 Å². The second kappa shape index (κ2) is 18.8. The van der Waals surface area contributed by atoms with E-state index < -0.39 is 0 Å². The van der Waals surface area contributed by atoms with Gasteiger partial charge in [-0.2, -0.15) is 0 Å². The number of rotatable bonds is 18. The highest BCUT2D eigenvalue weighted by Gasteiger charge is 2.08. The summed E-state index contributed by atoms with van der Waals surface area (Å²) in [7, 11) is 0. The van der Waals surface area contributed by atoms with Crippen LogP contribution in [0.1, 0.15) is 130 Å². The summed E-state index contributed by atoms with van der Waals surface area (Å²) in [4.78, 5) is 11.8. The Morgan fingerprint density at radius 2 is 1.08 bits per heavy atom. The summed E-state index contributed by atoms with van der Waals surface area (Å²) in [5.41, 5.74) is 0. The van der Waals surface area contributed by atoms with Crippen molar-refractivity contribution in [2.24, 2.45) is 0 Å². The predicted octanol–water partition coefficient (Wildman–Crippen LogP) is 7.59. The molecule has 0 heterocycles. The fourth-order valence-electron chi connectivity index (χ4n) is 3.13. The minimum Gasteiger partial charge on any atom is -0.463 e. The van der Waals surface area contributed by atoms with Crippen molar-refractivity contribution in [2.45, 2.75) is 136 Å². The van der Waals surface area contributed by atoms with Gasteiger partial charge < -0.3 is 4.74 Å². The van der Waals surface area contributed by atoms with Gasteiger partial charge in [0, 0.05) is 6.42 Å². The summed E-state index contributed by atoms with van der Waals surface area (Å²) in [5.74, 6) is 0.00826. The molecule has 0 saturated heterocycles. The Bertz CT molecular complexity index is 263. The van der Waals surface area contributed by atoms with E-state index in [-0.39, 0.29) is 12.1 Å². The lowest BCUT2D eigenvalue weighted by molar-refractivity contribution is -0.148. The van der Waals surface area contributed by atoms with Crippen LogP contribution >= 0.6 is 0 Å². The fraction of sp³-hybridized carbons (Fsp3) is 0.955. The van der Waals surface area contributed by atoms with Gasteiger partial charge >= 0.3 is 5.97 Å². The third-order valence-corrected chi connectivity index (χ3v) is 4.78. The molecule has 0 aliphatic carbocycles. The molecule has 144 valence electrons. The summed E-state index contributed by atoms with van der Waals surface area (Å²) >= 11 is 0. The molecule has 0 amide bonds. The maximum Gasteiger partial charge on any atom is 0.306 e. The molecule has 0 aromatic carbocycles. The number of ether oxygens (including phenoxy) is 1. The highest BCUT2D eigenvalue weighted by molar-refractivity contribution is 5.69. The summed E-state index contributed by atoms with van der Waals surface area (Å²) in [6.07, 6.45) is 21.2. The van der Waals surface area contributed by atoms with Crippen molar-refractivity contribution in [2.75, 3.05) is 0 Å². The van der Waals surface area contributed by atoms with Crippen molar-refractivity contribution in [3.63, 3.8) is 0 Å². The Kier molecular flexibility index (Phi) is 18.4. The lowest BCUT2D eigenvalue weighted by Gasteiger charge is -2.13. The SMILES string of the molecule is CCCCCCCCCCCCCC(=O)O[C@H](C)CCCCCC. The summed E-state index contributed by atoms with van der Waals surface area (Å²) in [6, 6.07) is 0. The highest BCUT2D eigenvalue weighted by atomic mass is 16.5. The van der Waals surface area contributed by atoms with Crippen molar-refractivity contribution < 1.29 is 9.53 Å². The van der Waals surface area contributed by atoms with Crippen molar-refractivity contribution >= 4 is 5.97 Å². The normalized spacial score (nSPS) is 12.3. The lowest BCUT2D eigenvalue weighted by atomic mass is 10.1. The van der Waals surface area contributed by atoms with Crippen LogP contribution in [0.25, 0.3) is 0 Å². The topological polar surface area (TPSA) is 26.3 Å². The van der Waals surface area contributed by atoms with Gasteiger partial charge in [-0.25, -0.2) is 0 Å². The molecule has 1 atom stereocenters. The first-order chi connectivity index (χ1) is 11.7. The van der Waals surface area contributed by atoms with Crippen LogP contribution in [-0.4, -0.2) is 12.1 Å². The molecule has 0 radical (unpaired) electrons. The maximum absolute atomic E-state index is 11.8. The number of hydrogen-bond donors (Lipinski definition) is 0. The van der Waals surface area contributed by atoms with Crippen LogP contribution in [0.3, 0.4) is 0 Å². The van der Waals surface area contributed by atoms with Gasteiger partial charge in [0.2, 0.25) is 0 Å². The number of hydrogen-bond acceptors (Lipinski definition) is 2. The zero-order valence-electron chi connectivity index (χ0n) is 16.9. The van der Waals surface area contributed by atoms with Crippen LogP contribution in [0.4, 0.5) is 0 Å². The van der Waals surface area contributed by atoms with Gasteiger partial charge in [-0.15, -0.1) is 0 Å². The first-order valence-electron chi connectivity index (χ1n) is 10.9. The molecule has 0 aromatic heterocycles. The smallest absolute Gasteiger partial charge is 0.306 e. The van der Waals surface area contributed by atoms with Gasteiger partial charge in [0.15, 0.2) is 0 Å². The minimum atomic E-state index is 0.00826. The van der Waals surface area contributed by atoms with E-state index >= 15 is 0 Å². The van der Waals surface area contributed by atoms with Crippen molar-refractivity contribution in [3.8, 4) is 0 Å². The van der Waals surface area contributed by atoms with Crippen molar-refractivity contribution in [3.05, 3.63) is 0 Å². The van der Waals surface area contributed by atoms with E-state index in [0.29, 0.717) is 6.42 Å². The van der Waals surface area contributed by atoms with Crippen LogP contribution in [0, 0.1) is 0 Å². The Labute approximate surface area is 152 Å². The molecule has 0 saturated carbocycles. The number of unbranched alkanes of at least 4 members (excludes halogenated alkanes) is 13. The molecule has 0 aliphatic rings.